The van der Waals surface area contributed by atoms with Gasteiger partial charge in [-0.05, 0) is 49.6 Å². The molecule has 0 amide bonds. The van der Waals surface area contributed by atoms with Gasteiger partial charge in [-0.15, -0.1) is 0 Å². The van der Waals surface area contributed by atoms with Gasteiger partial charge in [-0.3, -0.25) is 9.21 Å². The number of aromatic nitrogens is 1. The van der Waals surface area contributed by atoms with E-state index in [1.54, 1.807) is 12.1 Å². The zero-order chi connectivity index (χ0) is 20.6. The van der Waals surface area contributed by atoms with Crippen LogP contribution in [-0.2, 0) is 16.8 Å². The lowest BCUT2D eigenvalue weighted by molar-refractivity contribution is 0.106. The van der Waals surface area contributed by atoms with E-state index in [2.05, 4.69) is 32.9 Å². The van der Waals surface area contributed by atoms with E-state index in [4.69, 9.17) is 0 Å². The van der Waals surface area contributed by atoms with Crippen LogP contribution < -0.4 is 14.3 Å². The van der Waals surface area contributed by atoms with Gasteiger partial charge in [-0.1, -0.05) is 12.1 Å². The topological polar surface area (TPSA) is 77.6 Å². The Kier molecular flexibility index (Phi) is 5.22. The fourth-order valence-corrected chi connectivity index (χ4v) is 6.18. The molecule has 7 nitrogen and oxygen atoms in total. The molecule has 2 fully saturated rings. The SMILES string of the molecule is CNc1ccc(CN2CC[C@]3(CNS(=O)(=O)N3c3cccc(F)c3)C[C@@H]2C)cn1. The maximum absolute atomic E-state index is 13.8. The third-order valence-corrected chi connectivity index (χ3v) is 7.52. The number of nitrogens with zero attached hydrogens (tertiary/aromatic N) is 3. The molecule has 0 bridgehead atoms. The van der Waals surface area contributed by atoms with Gasteiger partial charge in [-0.25, -0.2) is 9.37 Å². The Hall–Kier alpha value is -2.23. The molecule has 2 saturated heterocycles. The minimum atomic E-state index is -3.69. The number of hydrogen-bond acceptors (Lipinski definition) is 5. The summed E-state index contributed by atoms with van der Waals surface area (Å²) in [4.78, 5) is 6.71. The molecule has 0 radical (unpaired) electrons. The highest BCUT2D eigenvalue weighted by atomic mass is 32.2. The molecule has 1 aromatic heterocycles. The second-order valence-corrected chi connectivity index (χ2v) is 9.47. The average Bonchev–Trinajstić information content (AvgIpc) is 2.95. The van der Waals surface area contributed by atoms with E-state index >= 15 is 0 Å². The van der Waals surface area contributed by atoms with E-state index in [9.17, 15) is 12.8 Å². The van der Waals surface area contributed by atoms with Crippen molar-refractivity contribution in [2.45, 2.75) is 37.9 Å². The number of benzene rings is 1. The first-order valence-electron chi connectivity index (χ1n) is 9.75. The van der Waals surface area contributed by atoms with Crippen molar-refractivity contribution in [2.75, 3.05) is 29.8 Å². The van der Waals surface area contributed by atoms with Crippen molar-refractivity contribution >= 4 is 21.7 Å². The fraction of sp³-hybridized carbons (Fsp3) is 0.450. The maximum atomic E-state index is 13.8. The van der Waals surface area contributed by atoms with Crippen molar-refractivity contribution in [3.8, 4) is 0 Å². The number of likely N-dealkylation sites (tertiary alicyclic amines) is 1. The predicted molar refractivity (Wildman–Crippen MR) is 111 cm³/mol. The summed E-state index contributed by atoms with van der Waals surface area (Å²) < 4.78 is 43.4. The van der Waals surface area contributed by atoms with Gasteiger partial charge in [0.05, 0.1) is 11.2 Å². The molecular weight excluding hydrogens is 393 g/mol. The quantitative estimate of drug-likeness (QED) is 0.796. The minimum Gasteiger partial charge on any atom is -0.373 e. The Balaban J connectivity index is 1.55. The number of anilines is 2. The van der Waals surface area contributed by atoms with Gasteiger partial charge in [-0.2, -0.15) is 13.1 Å². The van der Waals surface area contributed by atoms with Gasteiger partial charge in [0.15, 0.2) is 0 Å². The minimum absolute atomic E-state index is 0.166. The summed E-state index contributed by atoms with van der Waals surface area (Å²) in [5.74, 6) is 0.384. The van der Waals surface area contributed by atoms with Crippen LogP contribution in [0.5, 0.6) is 0 Å². The lowest BCUT2D eigenvalue weighted by Crippen LogP contribution is -2.57. The summed E-state index contributed by atoms with van der Waals surface area (Å²) in [6.07, 6.45) is 3.20. The molecule has 0 unspecified atom stereocenters. The molecule has 156 valence electrons. The van der Waals surface area contributed by atoms with Gasteiger partial charge >= 0.3 is 10.2 Å². The third-order valence-electron chi connectivity index (χ3n) is 5.93. The summed E-state index contributed by atoms with van der Waals surface area (Å²) in [6, 6.07) is 9.98. The van der Waals surface area contributed by atoms with Crippen LogP contribution in [0.3, 0.4) is 0 Å². The average molecular weight is 420 g/mol. The Morgan fingerprint density at radius 2 is 2.17 bits per heavy atom. The summed E-state index contributed by atoms with van der Waals surface area (Å²) in [7, 11) is -1.86. The number of rotatable bonds is 4. The molecule has 2 N–H and O–H groups in total. The number of halogens is 1. The van der Waals surface area contributed by atoms with E-state index in [0.717, 1.165) is 24.5 Å². The van der Waals surface area contributed by atoms with E-state index in [1.165, 1.54) is 16.4 Å². The number of pyridine rings is 1. The van der Waals surface area contributed by atoms with Gasteiger partial charge in [0.25, 0.3) is 0 Å². The molecule has 2 aromatic rings. The molecule has 1 spiro atoms. The molecule has 4 rings (SSSR count). The second-order valence-electron chi connectivity index (χ2n) is 7.87. The largest absolute Gasteiger partial charge is 0.373 e. The van der Waals surface area contributed by atoms with Crippen molar-refractivity contribution < 1.29 is 12.8 Å². The molecule has 2 aliphatic heterocycles. The predicted octanol–water partition coefficient (Wildman–Crippen LogP) is 2.34. The molecule has 2 atom stereocenters. The van der Waals surface area contributed by atoms with E-state index < -0.39 is 21.6 Å². The summed E-state index contributed by atoms with van der Waals surface area (Å²) in [6.45, 7) is 3.96. The van der Waals surface area contributed by atoms with Crippen LogP contribution in [0.15, 0.2) is 42.6 Å². The van der Waals surface area contributed by atoms with Gasteiger partial charge in [0.1, 0.15) is 11.6 Å². The Labute approximate surface area is 171 Å². The highest BCUT2D eigenvalue weighted by Gasteiger charge is 2.52. The zero-order valence-corrected chi connectivity index (χ0v) is 17.4. The first kappa shape index (κ1) is 20.1. The maximum Gasteiger partial charge on any atom is 0.302 e. The van der Waals surface area contributed by atoms with Gasteiger partial charge < -0.3 is 5.32 Å². The standard InChI is InChI=1S/C20H26FN5O2S/c1-15-11-20(8-9-25(15)13-16-6-7-19(22-2)23-12-16)14-24-29(27,28)26(20)18-5-3-4-17(21)10-18/h3-7,10,12,15,24H,8-9,11,13-14H2,1-2H3,(H,22,23)/t15-,20+/m0/s1. The lowest BCUT2D eigenvalue weighted by Gasteiger charge is -2.47. The van der Waals surface area contributed by atoms with E-state index in [1.807, 2.05) is 19.3 Å². The molecule has 3 heterocycles. The second kappa shape index (κ2) is 7.55. The molecule has 9 heteroatoms. The Morgan fingerprint density at radius 3 is 2.83 bits per heavy atom. The molecule has 1 aromatic carbocycles. The highest BCUT2D eigenvalue weighted by Crippen LogP contribution is 2.41. The molecule has 0 saturated carbocycles. The third kappa shape index (κ3) is 3.82. The van der Waals surface area contributed by atoms with Crippen LogP contribution in [0.25, 0.3) is 0 Å². The first-order chi connectivity index (χ1) is 13.8. The van der Waals surface area contributed by atoms with Crippen molar-refractivity contribution in [3.05, 3.63) is 54.0 Å². The molecular formula is C20H26FN5O2S. The molecule has 0 aliphatic carbocycles. The monoisotopic (exact) mass is 419 g/mol. The van der Waals surface area contributed by atoms with E-state index in [0.29, 0.717) is 25.1 Å². The smallest absolute Gasteiger partial charge is 0.302 e. The van der Waals surface area contributed by atoms with Gasteiger partial charge in [0, 0.05) is 38.9 Å². The van der Waals surface area contributed by atoms with Crippen LogP contribution in [0.2, 0.25) is 0 Å². The number of piperidine rings is 1. The summed E-state index contributed by atoms with van der Waals surface area (Å²) in [5, 5.41) is 3.01. The molecule has 2 aliphatic rings. The van der Waals surface area contributed by atoms with Crippen molar-refractivity contribution in [1.82, 2.24) is 14.6 Å². The van der Waals surface area contributed by atoms with Crippen LogP contribution in [-0.4, -0.2) is 50.0 Å². The van der Waals surface area contributed by atoms with Crippen molar-refractivity contribution in [3.63, 3.8) is 0 Å². The Bertz CT molecular complexity index is 985. The van der Waals surface area contributed by atoms with Gasteiger partial charge in [0.2, 0.25) is 0 Å². The zero-order valence-electron chi connectivity index (χ0n) is 16.6. The number of nitrogens with one attached hydrogen (secondary N) is 2. The van der Waals surface area contributed by atoms with Crippen molar-refractivity contribution in [1.29, 1.82) is 0 Å². The van der Waals surface area contributed by atoms with Crippen LogP contribution in [0.4, 0.5) is 15.9 Å². The number of hydrogen-bond donors (Lipinski definition) is 2. The van der Waals surface area contributed by atoms with Crippen molar-refractivity contribution in [2.24, 2.45) is 0 Å². The van der Waals surface area contributed by atoms with Crippen LogP contribution in [0.1, 0.15) is 25.3 Å². The fourth-order valence-electron chi connectivity index (χ4n) is 4.47. The summed E-state index contributed by atoms with van der Waals surface area (Å²) >= 11 is 0. The lowest BCUT2D eigenvalue weighted by atomic mass is 9.83. The van der Waals surface area contributed by atoms with Crippen LogP contribution in [0, 0.1) is 5.82 Å². The first-order valence-corrected chi connectivity index (χ1v) is 11.2. The molecule has 29 heavy (non-hydrogen) atoms. The van der Waals surface area contributed by atoms with Crippen LogP contribution >= 0.6 is 0 Å². The van der Waals surface area contributed by atoms with E-state index in [-0.39, 0.29) is 6.04 Å². The highest BCUT2D eigenvalue weighted by molar-refractivity contribution is 7.91. The Morgan fingerprint density at radius 1 is 1.34 bits per heavy atom. The summed E-state index contributed by atoms with van der Waals surface area (Å²) in [5.41, 5.74) is 0.907. The normalized spacial score (nSPS) is 26.7.